The van der Waals surface area contributed by atoms with Crippen LogP contribution >= 0.6 is 0 Å². The Kier molecular flexibility index (Phi) is 9.76. The number of amides is 2. The second-order valence-electron chi connectivity index (χ2n) is 10.7. The number of hydrogen-bond acceptors (Lipinski definition) is 4. The van der Waals surface area contributed by atoms with Gasteiger partial charge in [-0.3, -0.25) is 9.59 Å². The molecule has 1 fully saturated rings. The maximum Gasteiger partial charge on any atom is 0.243 e. The topological polar surface area (TPSA) is 86.8 Å². The molecule has 3 aromatic rings. The van der Waals surface area contributed by atoms with Crippen molar-refractivity contribution in [3.8, 4) is 0 Å². The van der Waals surface area contributed by atoms with Crippen molar-refractivity contribution in [3.05, 3.63) is 101 Å². The summed E-state index contributed by atoms with van der Waals surface area (Å²) in [6, 6.07) is 23.2. The van der Waals surface area contributed by atoms with Gasteiger partial charge in [-0.2, -0.15) is 4.31 Å². The summed E-state index contributed by atoms with van der Waals surface area (Å²) in [6.07, 6.45) is 4.31. The minimum atomic E-state index is -3.90. The molecule has 1 aliphatic rings. The Bertz CT molecular complexity index is 1400. The van der Waals surface area contributed by atoms with Crippen molar-refractivity contribution in [2.24, 2.45) is 0 Å². The number of likely N-dealkylation sites (N-methyl/N-ethyl adjacent to an activating group) is 1. The number of nitrogens with one attached hydrogen (secondary N) is 1. The van der Waals surface area contributed by atoms with Gasteiger partial charge in [0, 0.05) is 26.1 Å². The molecule has 1 saturated carbocycles. The van der Waals surface area contributed by atoms with Crippen LogP contribution in [-0.4, -0.2) is 55.1 Å². The summed E-state index contributed by atoms with van der Waals surface area (Å²) in [4.78, 5) is 29.5. The first kappa shape index (κ1) is 29.5. The Morgan fingerprint density at radius 1 is 0.900 bits per heavy atom. The molecule has 7 nitrogen and oxygen atoms in total. The summed E-state index contributed by atoms with van der Waals surface area (Å²) in [6.45, 7) is 3.66. The molecule has 3 aromatic carbocycles. The molecule has 0 aliphatic heterocycles. The zero-order valence-corrected chi connectivity index (χ0v) is 24.4. The molecule has 212 valence electrons. The fourth-order valence-electron chi connectivity index (χ4n) is 5.15. The minimum absolute atomic E-state index is 0.0887. The molecular formula is C32H39N3O4S. The van der Waals surface area contributed by atoms with E-state index in [1.54, 1.807) is 29.2 Å². The molecule has 1 aliphatic carbocycles. The molecule has 2 amide bonds. The monoisotopic (exact) mass is 561 g/mol. The molecule has 1 unspecified atom stereocenters. The van der Waals surface area contributed by atoms with Gasteiger partial charge in [0.25, 0.3) is 0 Å². The smallest absolute Gasteiger partial charge is 0.243 e. The second kappa shape index (κ2) is 13.2. The molecule has 1 N–H and O–H groups in total. The third kappa shape index (κ3) is 7.37. The summed E-state index contributed by atoms with van der Waals surface area (Å²) in [5, 5.41) is 3.18. The van der Waals surface area contributed by atoms with Crippen molar-refractivity contribution in [3.63, 3.8) is 0 Å². The van der Waals surface area contributed by atoms with E-state index >= 15 is 0 Å². The summed E-state index contributed by atoms with van der Waals surface area (Å²) < 4.78 is 27.7. The predicted molar refractivity (Wildman–Crippen MR) is 157 cm³/mol. The molecule has 8 heteroatoms. The number of carbonyl (C=O) groups excluding carboxylic acids is 2. The zero-order valence-electron chi connectivity index (χ0n) is 23.5. The standard InChI is InChI=1S/C32H39N3O4S/c1-24-17-19-29(20-18-24)40(38,39)34(3)23-31(36)35(22-27-14-8-7-11-25(27)2)30(21-26-12-5-4-6-13-26)32(37)33-28-15-9-10-16-28/h4-8,11-14,17-20,28,30H,9-10,15-16,21-23H2,1-3H3,(H,33,37). The van der Waals surface area contributed by atoms with Crippen LogP contribution in [0.4, 0.5) is 0 Å². The van der Waals surface area contributed by atoms with Crippen molar-refractivity contribution in [2.45, 2.75) is 69.5 Å². The average Bonchev–Trinajstić information content (AvgIpc) is 3.45. The minimum Gasteiger partial charge on any atom is -0.352 e. The molecule has 1 atom stereocenters. The van der Waals surface area contributed by atoms with Gasteiger partial charge in [0.2, 0.25) is 21.8 Å². The summed E-state index contributed by atoms with van der Waals surface area (Å²) in [5.74, 6) is -0.634. The number of aryl methyl sites for hydroxylation is 2. The van der Waals surface area contributed by atoms with Crippen molar-refractivity contribution in [2.75, 3.05) is 13.6 Å². The summed E-state index contributed by atoms with van der Waals surface area (Å²) in [7, 11) is -2.50. The van der Waals surface area contributed by atoms with Crippen molar-refractivity contribution >= 4 is 21.8 Å². The Labute approximate surface area is 238 Å². The Balaban J connectivity index is 1.66. The van der Waals surface area contributed by atoms with E-state index in [0.717, 1.165) is 52.2 Å². The normalized spacial score (nSPS) is 14.7. The van der Waals surface area contributed by atoms with Crippen molar-refractivity contribution < 1.29 is 18.0 Å². The van der Waals surface area contributed by atoms with Crippen LogP contribution in [0.2, 0.25) is 0 Å². The third-order valence-corrected chi connectivity index (χ3v) is 9.48. The Morgan fingerprint density at radius 3 is 2.17 bits per heavy atom. The van der Waals surface area contributed by atoms with Crippen LogP contribution in [0.1, 0.15) is 47.9 Å². The molecule has 0 spiro atoms. The molecule has 4 rings (SSSR count). The number of benzene rings is 3. The van der Waals surface area contributed by atoms with Crippen LogP contribution in [0.3, 0.4) is 0 Å². The highest BCUT2D eigenvalue weighted by molar-refractivity contribution is 7.89. The van der Waals surface area contributed by atoms with Gasteiger partial charge in [-0.15, -0.1) is 0 Å². The van der Waals surface area contributed by atoms with Crippen LogP contribution < -0.4 is 5.32 Å². The van der Waals surface area contributed by atoms with Gasteiger partial charge in [0.15, 0.2) is 0 Å². The maximum atomic E-state index is 14.0. The Morgan fingerprint density at radius 2 is 1.52 bits per heavy atom. The fraction of sp³-hybridized carbons (Fsp3) is 0.375. The average molecular weight is 562 g/mol. The quantitative estimate of drug-likeness (QED) is 0.370. The van der Waals surface area contributed by atoms with E-state index in [1.807, 2.05) is 68.4 Å². The van der Waals surface area contributed by atoms with Gasteiger partial charge < -0.3 is 10.2 Å². The summed E-state index contributed by atoms with van der Waals surface area (Å²) >= 11 is 0. The highest BCUT2D eigenvalue weighted by Gasteiger charge is 2.34. The number of hydrogen-bond donors (Lipinski definition) is 1. The molecular weight excluding hydrogens is 522 g/mol. The number of carbonyl (C=O) groups is 2. The van der Waals surface area contributed by atoms with Crippen LogP contribution in [0, 0.1) is 13.8 Å². The lowest BCUT2D eigenvalue weighted by molar-refractivity contribution is -0.141. The van der Waals surface area contributed by atoms with Gasteiger partial charge in [-0.25, -0.2) is 8.42 Å². The third-order valence-electron chi connectivity index (χ3n) is 7.66. The van der Waals surface area contributed by atoms with Gasteiger partial charge in [0.1, 0.15) is 6.04 Å². The molecule has 0 aromatic heterocycles. The molecule has 0 bridgehead atoms. The van der Waals surface area contributed by atoms with Crippen molar-refractivity contribution in [1.82, 2.24) is 14.5 Å². The first-order valence-electron chi connectivity index (χ1n) is 13.9. The van der Waals surface area contributed by atoms with Crippen molar-refractivity contribution in [1.29, 1.82) is 0 Å². The van der Waals surface area contributed by atoms with E-state index < -0.39 is 22.0 Å². The highest BCUT2D eigenvalue weighted by Crippen LogP contribution is 2.22. The molecule has 40 heavy (non-hydrogen) atoms. The van der Waals surface area contributed by atoms with E-state index in [-0.39, 0.29) is 29.9 Å². The number of sulfonamides is 1. The SMILES string of the molecule is Cc1ccc(S(=O)(=O)N(C)CC(=O)N(Cc2ccccc2C)C(Cc2ccccc2)C(=O)NC2CCCC2)cc1. The number of rotatable bonds is 11. The van der Waals surface area contributed by atoms with E-state index in [4.69, 9.17) is 0 Å². The Hall–Kier alpha value is -3.49. The van der Waals surface area contributed by atoms with E-state index in [2.05, 4.69) is 5.32 Å². The van der Waals surface area contributed by atoms with Gasteiger partial charge in [0.05, 0.1) is 11.4 Å². The fourth-order valence-corrected chi connectivity index (χ4v) is 6.27. The largest absolute Gasteiger partial charge is 0.352 e. The first-order chi connectivity index (χ1) is 19.1. The van der Waals surface area contributed by atoms with E-state index in [1.165, 1.54) is 7.05 Å². The lowest BCUT2D eigenvalue weighted by atomic mass is 10.0. The van der Waals surface area contributed by atoms with Crippen LogP contribution in [0.15, 0.2) is 83.8 Å². The zero-order chi connectivity index (χ0) is 28.7. The van der Waals surface area contributed by atoms with E-state index in [0.29, 0.717) is 6.42 Å². The van der Waals surface area contributed by atoms with Gasteiger partial charge >= 0.3 is 0 Å². The highest BCUT2D eigenvalue weighted by atomic mass is 32.2. The molecule has 0 saturated heterocycles. The second-order valence-corrected chi connectivity index (χ2v) is 12.8. The first-order valence-corrected chi connectivity index (χ1v) is 15.3. The lowest BCUT2D eigenvalue weighted by Gasteiger charge is -2.33. The van der Waals surface area contributed by atoms with Crippen LogP contribution in [0.25, 0.3) is 0 Å². The maximum absolute atomic E-state index is 14.0. The van der Waals surface area contributed by atoms with E-state index in [9.17, 15) is 18.0 Å². The summed E-state index contributed by atoms with van der Waals surface area (Å²) in [5.41, 5.74) is 3.78. The van der Waals surface area contributed by atoms with Crippen LogP contribution in [0.5, 0.6) is 0 Å². The molecule has 0 radical (unpaired) electrons. The van der Waals surface area contributed by atoms with Gasteiger partial charge in [-0.05, 0) is 55.5 Å². The van der Waals surface area contributed by atoms with Gasteiger partial charge in [-0.1, -0.05) is 85.1 Å². The molecule has 0 heterocycles. The lowest BCUT2D eigenvalue weighted by Crippen LogP contribution is -2.54. The van der Waals surface area contributed by atoms with Crippen LogP contribution in [-0.2, 0) is 32.6 Å². The predicted octanol–water partition coefficient (Wildman–Crippen LogP) is 4.62. The number of nitrogens with zero attached hydrogens (tertiary/aromatic N) is 2.